The normalized spacial score (nSPS) is 18.9. The van der Waals surface area contributed by atoms with E-state index in [1.807, 2.05) is 0 Å². The van der Waals surface area contributed by atoms with Crippen molar-refractivity contribution in [2.75, 3.05) is 12.4 Å². The maximum atomic E-state index is 12.8. The second kappa shape index (κ2) is 12.0. The van der Waals surface area contributed by atoms with E-state index in [9.17, 15) is 14.4 Å². The lowest BCUT2D eigenvalue weighted by molar-refractivity contribution is -0.0295. The monoisotopic (exact) mass is 564 g/mol. The molecule has 0 aliphatic carbocycles. The average molecular weight is 566 g/mol. The van der Waals surface area contributed by atoms with Gasteiger partial charge in [0, 0.05) is 20.8 Å². The minimum atomic E-state index is -0.854. The molecule has 186 valence electrons. The molecule has 1 fully saturated rings. The fourth-order valence-electron chi connectivity index (χ4n) is 3.44. The van der Waals surface area contributed by atoms with Crippen molar-refractivity contribution in [1.29, 1.82) is 0 Å². The first-order chi connectivity index (χ1) is 17.3. The molecule has 1 aliphatic heterocycles. The summed E-state index contributed by atoms with van der Waals surface area (Å²) in [7, 11) is 0. The largest absolute Gasteiger partial charge is 0.461 e. The second-order valence-corrected chi connectivity index (χ2v) is 10.4. The van der Waals surface area contributed by atoms with Gasteiger partial charge in [-0.2, -0.15) is 0 Å². The van der Waals surface area contributed by atoms with Gasteiger partial charge < -0.3 is 14.2 Å². The van der Waals surface area contributed by atoms with E-state index >= 15 is 0 Å². The van der Waals surface area contributed by atoms with Crippen molar-refractivity contribution in [3.05, 3.63) is 105 Å². The number of thioether (sulfide) groups is 1. The van der Waals surface area contributed by atoms with Crippen molar-refractivity contribution in [3.63, 3.8) is 0 Å². The predicted molar refractivity (Wildman–Crippen MR) is 139 cm³/mol. The van der Waals surface area contributed by atoms with Crippen LogP contribution in [-0.2, 0) is 14.2 Å². The van der Waals surface area contributed by atoms with Crippen LogP contribution in [0.4, 0.5) is 0 Å². The van der Waals surface area contributed by atoms with E-state index in [0.29, 0.717) is 31.9 Å². The Labute approximate surface area is 226 Å². The summed E-state index contributed by atoms with van der Waals surface area (Å²) in [5.74, 6) is -1.39. The van der Waals surface area contributed by atoms with Gasteiger partial charge in [0.1, 0.15) is 12.7 Å². The highest BCUT2D eigenvalue weighted by Gasteiger charge is 2.43. The predicted octanol–water partition coefficient (Wildman–Crippen LogP) is 6.37. The molecule has 1 saturated heterocycles. The van der Waals surface area contributed by atoms with Crippen LogP contribution in [0, 0.1) is 0 Å². The second-order valence-electron chi connectivity index (χ2n) is 7.80. The van der Waals surface area contributed by atoms with Crippen LogP contribution in [-0.4, -0.2) is 47.7 Å². The Kier molecular flexibility index (Phi) is 8.80. The molecule has 3 aromatic carbocycles. The molecule has 0 N–H and O–H groups in total. The van der Waals surface area contributed by atoms with E-state index in [1.54, 1.807) is 60.7 Å². The third kappa shape index (κ3) is 6.73. The minimum Gasteiger partial charge on any atom is -0.461 e. The topological polar surface area (TPSA) is 78.9 Å². The zero-order valence-corrected chi connectivity index (χ0v) is 21.7. The smallest absolute Gasteiger partial charge is 0.338 e. The van der Waals surface area contributed by atoms with Crippen LogP contribution in [0.5, 0.6) is 0 Å². The first kappa shape index (κ1) is 26.4. The van der Waals surface area contributed by atoms with Crippen LogP contribution in [0.25, 0.3) is 0 Å². The third-order valence-corrected chi connectivity index (χ3v) is 7.44. The van der Waals surface area contributed by atoms with Gasteiger partial charge in [0.15, 0.2) is 6.10 Å². The summed E-state index contributed by atoms with van der Waals surface area (Å²) in [5, 5.41) is 1.00. The molecule has 0 bridgehead atoms. The van der Waals surface area contributed by atoms with Crippen LogP contribution in [0.1, 0.15) is 31.1 Å². The van der Waals surface area contributed by atoms with Gasteiger partial charge >= 0.3 is 17.9 Å². The summed E-state index contributed by atoms with van der Waals surface area (Å²) < 4.78 is 16.9. The molecule has 0 spiro atoms. The van der Waals surface area contributed by atoms with E-state index in [-0.39, 0.29) is 12.2 Å². The highest BCUT2D eigenvalue weighted by atomic mass is 35.5. The standard InChI is InChI=1S/C26H19Cl3O6S/c27-18-7-1-15(2-8-18)24(30)33-13-22-23(35-26(32)17-5-11-20(29)12-6-17)21(14-36-22)34-25(31)16-3-9-19(28)10-4-16/h1-12,21-23H,13-14H2/t21-,22+,23+/m1/s1. The molecule has 3 aromatic rings. The molecule has 10 heteroatoms. The summed E-state index contributed by atoms with van der Waals surface area (Å²) >= 11 is 19.1. The molecule has 6 nitrogen and oxygen atoms in total. The van der Waals surface area contributed by atoms with Crippen molar-refractivity contribution >= 4 is 64.5 Å². The number of esters is 3. The molecule has 0 aromatic heterocycles. The Morgan fingerprint density at radius 1 is 0.667 bits per heavy atom. The number of rotatable bonds is 7. The number of hydrogen-bond acceptors (Lipinski definition) is 7. The summed E-state index contributed by atoms with van der Waals surface area (Å²) in [5.41, 5.74) is 0.934. The van der Waals surface area contributed by atoms with Gasteiger partial charge in [-0.3, -0.25) is 0 Å². The first-order valence-corrected chi connectivity index (χ1v) is 13.0. The van der Waals surface area contributed by atoms with Crippen molar-refractivity contribution in [3.8, 4) is 0 Å². The van der Waals surface area contributed by atoms with E-state index < -0.39 is 35.4 Å². The lowest BCUT2D eigenvalue weighted by atomic mass is 10.1. The quantitative estimate of drug-likeness (QED) is 0.243. The van der Waals surface area contributed by atoms with Crippen molar-refractivity contribution in [1.82, 2.24) is 0 Å². The molecule has 3 atom stereocenters. The number of halogens is 3. The Bertz CT molecular complexity index is 1230. The first-order valence-electron chi connectivity index (χ1n) is 10.8. The molecule has 36 heavy (non-hydrogen) atoms. The Morgan fingerprint density at radius 2 is 1.08 bits per heavy atom. The highest BCUT2D eigenvalue weighted by Crippen LogP contribution is 2.33. The summed E-state index contributed by atoms with van der Waals surface area (Å²) in [6.07, 6.45) is -1.61. The maximum absolute atomic E-state index is 12.8. The summed E-state index contributed by atoms with van der Waals surface area (Å²) in [6, 6.07) is 18.8. The molecule has 0 saturated carbocycles. The molecule has 1 heterocycles. The van der Waals surface area contributed by atoms with Crippen LogP contribution >= 0.6 is 46.6 Å². The van der Waals surface area contributed by atoms with E-state index in [2.05, 4.69) is 0 Å². The molecule has 0 amide bonds. The number of carbonyl (C=O) groups is 3. The zero-order chi connectivity index (χ0) is 25.7. The average Bonchev–Trinajstić information content (AvgIpc) is 3.24. The third-order valence-electron chi connectivity index (χ3n) is 5.33. The van der Waals surface area contributed by atoms with Gasteiger partial charge in [-0.25, -0.2) is 14.4 Å². The Hall–Kier alpha value is -2.71. The minimum absolute atomic E-state index is 0.0559. The van der Waals surface area contributed by atoms with Crippen molar-refractivity contribution < 1.29 is 28.6 Å². The van der Waals surface area contributed by atoms with Crippen molar-refractivity contribution in [2.24, 2.45) is 0 Å². The SMILES string of the molecule is O=C(OC[C@@H]1SC[C@@H](OC(=O)c2ccc(Cl)cc2)[C@@H]1OC(=O)c1ccc(Cl)cc1)c1ccc(Cl)cc1. The van der Waals surface area contributed by atoms with Crippen LogP contribution < -0.4 is 0 Å². The highest BCUT2D eigenvalue weighted by molar-refractivity contribution is 8.00. The molecule has 4 rings (SSSR count). The molecular formula is C26H19Cl3O6S. The molecule has 1 aliphatic rings. The lowest BCUT2D eigenvalue weighted by Crippen LogP contribution is -2.39. The number of benzene rings is 3. The van der Waals surface area contributed by atoms with E-state index in [0.717, 1.165) is 0 Å². The van der Waals surface area contributed by atoms with E-state index in [4.69, 9.17) is 49.0 Å². The van der Waals surface area contributed by atoms with Crippen LogP contribution in [0.3, 0.4) is 0 Å². The van der Waals surface area contributed by atoms with E-state index in [1.165, 1.54) is 23.9 Å². The fraction of sp³-hybridized carbons (Fsp3) is 0.192. The molecular weight excluding hydrogens is 547 g/mol. The Balaban J connectivity index is 1.47. The maximum Gasteiger partial charge on any atom is 0.338 e. The number of hydrogen-bond donors (Lipinski definition) is 0. The van der Waals surface area contributed by atoms with Crippen LogP contribution in [0.2, 0.25) is 15.1 Å². The summed E-state index contributed by atoms with van der Waals surface area (Å²) in [6.45, 7) is -0.0559. The number of carbonyl (C=O) groups excluding carboxylic acids is 3. The zero-order valence-electron chi connectivity index (χ0n) is 18.6. The lowest BCUT2D eigenvalue weighted by Gasteiger charge is -2.24. The van der Waals surface area contributed by atoms with Gasteiger partial charge in [0.25, 0.3) is 0 Å². The summed E-state index contributed by atoms with van der Waals surface area (Å²) in [4.78, 5) is 38.0. The van der Waals surface area contributed by atoms with Gasteiger partial charge in [0.05, 0.1) is 21.9 Å². The van der Waals surface area contributed by atoms with Crippen molar-refractivity contribution in [2.45, 2.75) is 17.5 Å². The Morgan fingerprint density at radius 3 is 1.56 bits per heavy atom. The number of ether oxygens (including phenoxy) is 3. The van der Waals surface area contributed by atoms with Gasteiger partial charge in [0.2, 0.25) is 0 Å². The van der Waals surface area contributed by atoms with Gasteiger partial charge in [-0.05, 0) is 72.8 Å². The molecule has 0 unspecified atom stereocenters. The fourth-order valence-corrected chi connectivity index (χ4v) is 5.10. The molecule has 0 radical (unpaired) electrons. The van der Waals surface area contributed by atoms with Gasteiger partial charge in [-0.15, -0.1) is 11.8 Å². The van der Waals surface area contributed by atoms with Gasteiger partial charge in [-0.1, -0.05) is 34.8 Å². The van der Waals surface area contributed by atoms with Crippen LogP contribution in [0.15, 0.2) is 72.8 Å².